The predicted octanol–water partition coefficient (Wildman–Crippen LogP) is 3.53. The van der Waals surface area contributed by atoms with Crippen molar-refractivity contribution >= 4 is 11.7 Å². The van der Waals surface area contributed by atoms with Crippen molar-refractivity contribution in [3.8, 4) is 0 Å². The Hall–Kier alpha value is -3.22. The van der Waals surface area contributed by atoms with Gasteiger partial charge in [-0.3, -0.25) is 9.48 Å². The van der Waals surface area contributed by atoms with Crippen molar-refractivity contribution in [1.29, 1.82) is 0 Å². The molecule has 1 saturated heterocycles. The van der Waals surface area contributed by atoms with E-state index in [1.54, 1.807) is 17.1 Å². The Labute approximate surface area is 195 Å². The number of anilines is 1. The number of carbonyl (C=O) groups is 1. The normalized spacial score (nSPS) is 18.3. The highest BCUT2D eigenvalue weighted by Gasteiger charge is 2.30. The number of aromatic nitrogens is 4. The Morgan fingerprint density at radius 3 is 2.76 bits per heavy atom. The van der Waals surface area contributed by atoms with Gasteiger partial charge in [-0.25, -0.2) is 9.97 Å². The second-order valence-electron chi connectivity index (χ2n) is 9.29. The van der Waals surface area contributed by atoms with E-state index in [0.29, 0.717) is 12.1 Å². The average molecular weight is 445 g/mol. The van der Waals surface area contributed by atoms with Crippen molar-refractivity contribution in [1.82, 2.24) is 24.6 Å². The molecule has 3 aromatic rings. The summed E-state index contributed by atoms with van der Waals surface area (Å²) in [5.74, 6) is 2.21. The van der Waals surface area contributed by atoms with Gasteiger partial charge in [0.25, 0.3) is 5.91 Å². The van der Waals surface area contributed by atoms with Crippen LogP contribution in [0.25, 0.3) is 0 Å². The highest BCUT2D eigenvalue weighted by molar-refractivity contribution is 5.93. The van der Waals surface area contributed by atoms with Gasteiger partial charge < -0.3 is 9.80 Å². The Kier molecular flexibility index (Phi) is 6.11. The fraction of sp³-hybridized carbons (Fsp3) is 0.462. The summed E-state index contributed by atoms with van der Waals surface area (Å²) in [5, 5.41) is 4.16. The molecule has 1 aromatic carbocycles. The number of nitrogens with zero attached hydrogens (tertiary/aromatic N) is 6. The maximum Gasteiger partial charge on any atom is 0.257 e. The average Bonchev–Trinajstić information content (AvgIpc) is 3.29. The van der Waals surface area contributed by atoms with Gasteiger partial charge >= 0.3 is 0 Å². The van der Waals surface area contributed by atoms with Crippen molar-refractivity contribution in [3.05, 3.63) is 70.9 Å². The molecule has 1 amide bonds. The van der Waals surface area contributed by atoms with Crippen molar-refractivity contribution in [2.75, 3.05) is 31.1 Å². The fourth-order valence-electron chi connectivity index (χ4n) is 5.10. The lowest BCUT2D eigenvalue weighted by Gasteiger charge is -2.34. The zero-order valence-corrected chi connectivity index (χ0v) is 19.6. The number of amides is 1. The third-order valence-electron chi connectivity index (χ3n) is 6.90. The standard InChI is InChI=1S/C26H32N6O/c1-19-23-11-7-13-31(15-12-20-8-4-3-5-9-20)25(23)29-24(28-19)21-10-6-14-32(18-21)26(33)22-16-27-30(2)17-22/h3-5,8-9,16-17,21H,6-7,10-15,18H2,1-2H3. The zero-order chi connectivity index (χ0) is 22.8. The Balaban J connectivity index is 1.35. The molecule has 2 aliphatic rings. The molecule has 1 unspecified atom stereocenters. The van der Waals surface area contributed by atoms with Crippen LogP contribution in [0.3, 0.4) is 0 Å². The van der Waals surface area contributed by atoms with Crippen LogP contribution in [-0.4, -0.2) is 56.7 Å². The molecule has 0 aliphatic carbocycles. The highest BCUT2D eigenvalue weighted by atomic mass is 16.2. The van der Waals surface area contributed by atoms with Crippen LogP contribution in [0.5, 0.6) is 0 Å². The summed E-state index contributed by atoms with van der Waals surface area (Å²) in [6.45, 7) is 5.55. The van der Waals surface area contributed by atoms with E-state index in [4.69, 9.17) is 9.97 Å². The van der Waals surface area contributed by atoms with E-state index in [2.05, 4.69) is 47.3 Å². The Morgan fingerprint density at radius 1 is 1.12 bits per heavy atom. The number of benzene rings is 1. The minimum absolute atomic E-state index is 0.0481. The van der Waals surface area contributed by atoms with E-state index in [0.717, 1.165) is 69.1 Å². The van der Waals surface area contributed by atoms with Gasteiger partial charge in [-0.15, -0.1) is 0 Å². The molecule has 2 aliphatic heterocycles. The number of likely N-dealkylation sites (tertiary alicyclic amines) is 1. The molecular weight excluding hydrogens is 412 g/mol. The molecule has 5 rings (SSSR count). The molecule has 0 spiro atoms. The molecule has 7 nitrogen and oxygen atoms in total. The smallest absolute Gasteiger partial charge is 0.257 e. The number of piperidine rings is 1. The van der Waals surface area contributed by atoms with Crippen molar-refractivity contribution in [2.45, 2.75) is 44.9 Å². The van der Waals surface area contributed by atoms with Crippen LogP contribution in [0.15, 0.2) is 42.7 Å². The van der Waals surface area contributed by atoms with Gasteiger partial charge in [-0.05, 0) is 44.6 Å². The van der Waals surface area contributed by atoms with Gasteiger partial charge in [0, 0.05) is 56.6 Å². The number of aryl methyl sites for hydroxylation is 2. The van der Waals surface area contributed by atoms with Gasteiger partial charge in [0.05, 0.1) is 11.8 Å². The topological polar surface area (TPSA) is 67.2 Å². The van der Waals surface area contributed by atoms with Crippen LogP contribution in [0.4, 0.5) is 5.82 Å². The predicted molar refractivity (Wildman–Crippen MR) is 129 cm³/mol. The number of carbonyl (C=O) groups excluding carboxylic acids is 1. The van der Waals surface area contributed by atoms with Crippen LogP contribution < -0.4 is 4.90 Å². The van der Waals surface area contributed by atoms with E-state index < -0.39 is 0 Å². The van der Waals surface area contributed by atoms with Crippen molar-refractivity contribution in [2.24, 2.45) is 7.05 Å². The first kappa shape index (κ1) is 21.6. The molecule has 0 bridgehead atoms. The lowest BCUT2D eigenvalue weighted by atomic mass is 9.95. The van der Waals surface area contributed by atoms with Crippen molar-refractivity contribution in [3.63, 3.8) is 0 Å². The van der Waals surface area contributed by atoms with Gasteiger partial charge in [-0.2, -0.15) is 5.10 Å². The van der Waals surface area contributed by atoms with E-state index >= 15 is 0 Å². The SMILES string of the molecule is Cc1nc(C2CCCN(C(=O)c3cnn(C)c3)C2)nc2c1CCCN2CCc1ccccc1. The summed E-state index contributed by atoms with van der Waals surface area (Å²) >= 11 is 0. The molecule has 0 N–H and O–H groups in total. The van der Waals surface area contributed by atoms with E-state index in [1.807, 2.05) is 11.9 Å². The molecule has 172 valence electrons. The van der Waals surface area contributed by atoms with E-state index in [-0.39, 0.29) is 11.8 Å². The first-order valence-corrected chi connectivity index (χ1v) is 12.0. The second kappa shape index (κ2) is 9.33. The third-order valence-corrected chi connectivity index (χ3v) is 6.90. The largest absolute Gasteiger partial charge is 0.356 e. The molecule has 2 aromatic heterocycles. The highest BCUT2D eigenvalue weighted by Crippen LogP contribution is 2.32. The minimum Gasteiger partial charge on any atom is -0.356 e. The lowest BCUT2D eigenvalue weighted by molar-refractivity contribution is 0.0704. The number of rotatable bonds is 5. The fourth-order valence-corrected chi connectivity index (χ4v) is 5.10. The quantitative estimate of drug-likeness (QED) is 0.602. The molecule has 0 radical (unpaired) electrons. The molecule has 33 heavy (non-hydrogen) atoms. The van der Waals surface area contributed by atoms with Gasteiger partial charge in [0.2, 0.25) is 0 Å². The monoisotopic (exact) mass is 444 g/mol. The summed E-state index contributed by atoms with van der Waals surface area (Å²) in [5.41, 5.74) is 4.38. The number of hydrogen-bond acceptors (Lipinski definition) is 5. The van der Waals surface area contributed by atoms with Crippen LogP contribution >= 0.6 is 0 Å². The minimum atomic E-state index is 0.0481. The summed E-state index contributed by atoms with van der Waals surface area (Å²) < 4.78 is 1.68. The zero-order valence-electron chi connectivity index (χ0n) is 19.6. The summed E-state index contributed by atoms with van der Waals surface area (Å²) in [4.78, 5) is 27.4. The van der Waals surface area contributed by atoms with Gasteiger partial charge in [0.1, 0.15) is 11.6 Å². The molecule has 0 saturated carbocycles. The van der Waals surface area contributed by atoms with Crippen molar-refractivity contribution < 1.29 is 4.79 Å². The van der Waals surface area contributed by atoms with Crippen LogP contribution in [0, 0.1) is 6.92 Å². The lowest BCUT2D eigenvalue weighted by Crippen LogP contribution is -2.40. The first-order valence-electron chi connectivity index (χ1n) is 12.0. The molecular formula is C26H32N6O. The van der Waals surface area contributed by atoms with E-state index in [9.17, 15) is 4.79 Å². The van der Waals surface area contributed by atoms with Gasteiger partial charge in [0.15, 0.2) is 0 Å². The van der Waals surface area contributed by atoms with Crippen LogP contribution in [0.2, 0.25) is 0 Å². The summed E-state index contributed by atoms with van der Waals surface area (Å²) in [6.07, 6.45) is 8.61. The first-order chi connectivity index (χ1) is 16.1. The van der Waals surface area contributed by atoms with Crippen LogP contribution in [0.1, 0.15) is 58.2 Å². The summed E-state index contributed by atoms with van der Waals surface area (Å²) in [6, 6.07) is 10.7. The van der Waals surface area contributed by atoms with Crippen LogP contribution in [-0.2, 0) is 19.9 Å². The summed E-state index contributed by atoms with van der Waals surface area (Å²) in [7, 11) is 1.84. The third kappa shape index (κ3) is 4.63. The maximum absolute atomic E-state index is 13.0. The Bertz CT molecular complexity index is 1130. The molecule has 1 fully saturated rings. The number of fused-ring (bicyclic) bond motifs is 1. The maximum atomic E-state index is 13.0. The molecule has 7 heteroatoms. The van der Waals surface area contributed by atoms with Gasteiger partial charge in [-0.1, -0.05) is 30.3 Å². The Morgan fingerprint density at radius 2 is 1.97 bits per heavy atom. The molecule has 4 heterocycles. The second-order valence-corrected chi connectivity index (χ2v) is 9.29. The van der Waals surface area contributed by atoms with E-state index in [1.165, 1.54) is 11.1 Å². The number of hydrogen-bond donors (Lipinski definition) is 0. The molecule has 1 atom stereocenters.